The molecule has 0 aromatic heterocycles. The van der Waals surface area contributed by atoms with Crippen molar-refractivity contribution in [2.75, 3.05) is 5.73 Å². The van der Waals surface area contributed by atoms with Crippen LogP contribution in [0, 0.1) is 0 Å². The molecular formula is C9H13NO2. The number of aromatic hydroxyl groups is 1. The van der Waals surface area contributed by atoms with Crippen LogP contribution in [0.4, 0.5) is 5.69 Å². The molecule has 0 atom stereocenters. The summed E-state index contributed by atoms with van der Waals surface area (Å²) in [6.45, 7) is 3.96. The van der Waals surface area contributed by atoms with Gasteiger partial charge in [0.25, 0.3) is 0 Å². The Bertz CT molecular complexity index is 228. The van der Waals surface area contributed by atoms with E-state index in [2.05, 4.69) is 0 Å². The van der Waals surface area contributed by atoms with Crippen LogP contribution in [0.3, 0.4) is 0 Å². The zero-order chi connectivity index (χ0) is 9.56. The normalized spacial score (nSPS) is 8.42. The molecule has 0 radical (unpaired) electrons. The maximum atomic E-state index is 9.21. The summed E-state index contributed by atoms with van der Waals surface area (Å²) >= 11 is 0. The monoisotopic (exact) mass is 167 g/mol. The second-order valence-corrected chi connectivity index (χ2v) is 2.20. The van der Waals surface area contributed by atoms with Crippen molar-refractivity contribution in [2.45, 2.75) is 13.3 Å². The summed E-state index contributed by atoms with van der Waals surface area (Å²) in [6, 6.07) is 5.18. The maximum Gasteiger partial charge on any atom is 0.120 e. The maximum absolute atomic E-state index is 9.21. The van der Waals surface area contributed by atoms with Crippen molar-refractivity contribution in [3.63, 3.8) is 0 Å². The molecule has 0 unspecified atom stereocenters. The molecule has 1 aromatic rings. The Labute approximate surface area is 71.8 Å². The van der Waals surface area contributed by atoms with Gasteiger partial charge in [-0.3, -0.25) is 0 Å². The Morgan fingerprint density at radius 1 is 1.50 bits per heavy atom. The van der Waals surface area contributed by atoms with E-state index in [1.54, 1.807) is 18.2 Å². The molecule has 0 aliphatic rings. The second-order valence-electron chi connectivity index (χ2n) is 2.20. The van der Waals surface area contributed by atoms with Gasteiger partial charge in [-0.2, -0.15) is 0 Å². The van der Waals surface area contributed by atoms with Gasteiger partial charge in [-0.1, -0.05) is 13.0 Å². The molecule has 3 nitrogen and oxygen atoms in total. The van der Waals surface area contributed by atoms with Gasteiger partial charge in [0, 0.05) is 11.3 Å². The van der Waals surface area contributed by atoms with Gasteiger partial charge in [0.15, 0.2) is 0 Å². The molecule has 0 saturated heterocycles. The predicted molar refractivity (Wildman–Crippen MR) is 49.0 cm³/mol. The summed E-state index contributed by atoms with van der Waals surface area (Å²) in [5, 5.41) is 9.21. The fourth-order valence-corrected chi connectivity index (χ4v) is 0.977. The Hall–Kier alpha value is -1.51. The number of nitrogen functional groups attached to an aromatic ring is 1. The Kier molecular flexibility index (Phi) is 4.53. The first-order valence-electron chi connectivity index (χ1n) is 3.61. The highest BCUT2D eigenvalue weighted by Gasteiger charge is 1.99. The smallest absolute Gasteiger partial charge is 0.120 e. The van der Waals surface area contributed by atoms with Gasteiger partial charge in [0.05, 0.1) is 0 Å². The SMILES string of the molecule is C=O.CCc1c(N)cccc1O. The third-order valence-corrected chi connectivity index (χ3v) is 1.54. The Balaban J connectivity index is 0.000000561. The molecule has 0 saturated carbocycles. The van der Waals surface area contributed by atoms with Crippen LogP contribution in [0.25, 0.3) is 0 Å². The number of carbonyl (C=O) groups excluding carboxylic acids is 1. The fraction of sp³-hybridized carbons (Fsp3) is 0.222. The lowest BCUT2D eigenvalue weighted by Crippen LogP contribution is -1.91. The fourth-order valence-electron chi connectivity index (χ4n) is 0.977. The minimum Gasteiger partial charge on any atom is -0.508 e. The first kappa shape index (κ1) is 10.5. The van der Waals surface area contributed by atoms with Crippen molar-refractivity contribution in [2.24, 2.45) is 0 Å². The molecule has 12 heavy (non-hydrogen) atoms. The minimum absolute atomic E-state index is 0.294. The van der Waals surface area contributed by atoms with Crippen LogP contribution in [0.2, 0.25) is 0 Å². The molecule has 0 amide bonds. The third-order valence-electron chi connectivity index (χ3n) is 1.54. The molecule has 3 heteroatoms. The number of rotatable bonds is 1. The Morgan fingerprint density at radius 3 is 2.42 bits per heavy atom. The zero-order valence-corrected chi connectivity index (χ0v) is 7.08. The summed E-state index contributed by atoms with van der Waals surface area (Å²) in [6.07, 6.45) is 0.776. The van der Waals surface area contributed by atoms with Gasteiger partial charge in [0.2, 0.25) is 0 Å². The lowest BCUT2D eigenvalue weighted by molar-refractivity contribution is -0.0979. The number of anilines is 1. The van der Waals surface area contributed by atoms with Crippen LogP contribution in [-0.4, -0.2) is 11.9 Å². The van der Waals surface area contributed by atoms with E-state index >= 15 is 0 Å². The van der Waals surface area contributed by atoms with Crippen molar-refractivity contribution >= 4 is 12.5 Å². The molecule has 1 rings (SSSR count). The minimum atomic E-state index is 0.294. The Morgan fingerprint density at radius 2 is 2.08 bits per heavy atom. The molecule has 0 aliphatic carbocycles. The van der Waals surface area contributed by atoms with Crippen LogP contribution < -0.4 is 5.73 Å². The lowest BCUT2D eigenvalue weighted by Gasteiger charge is -2.03. The average Bonchev–Trinajstić information content (AvgIpc) is 2.08. The number of benzene rings is 1. The molecule has 3 N–H and O–H groups in total. The number of phenolic OH excluding ortho intramolecular Hbond substituents is 1. The first-order valence-corrected chi connectivity index (χ1v) is 3.61. The van der Waals surface area contributed by atoms with Crippen molar-refractivity contribution < 1.29 is 9.90 Å². The summed E-state index contributed by atoms with van der Waals surface area (Å²) in [5.74, 6) is 0.294. The summed E-state index contributed by atoms with van der Waals surface area (Å²) in [5.41, 5.74) is 7.08. The lowest BCUT2D eigenvalue weighted by atomic mass is 10.1. The van der Waals surface area contributed by atoms with Gasteiger partial charge in [0.1, 0.15) is 12.5 Å². The average molecular weight is 167 g/mol. The van der Waals surface area contributed by atoms with E-state index in [1.165, 1.54) is 0 Å². The zero-order valence-electron chi connectivity index (χ0n) is 7.08. The highest BCUT2D eigenvalue weighted by atomic mass is 16.3. The van der Waals surface area contributed by atoms with Gasteiger partial charge in [-0.15, -0.1) is 0 Å². The standard InChI is InChI=1S/C8H11NO.CH2O/c1-2-6-7(9)4-3-5-8(6)10;1-2/h3-5,10H,2,9H2,1H3;1H2. The molecule has 1 aromatic carbocycles. The van der Waals surface area contributed by atoms with E-state index in [0.29, 0.717) is 11.4 Å². The van der Waals surface area contributed by atoms with Gasteiger partial charge in [-0.05, 0) is 18.6 Å². The summed E-state index contributed by atoms with van der Waals surface area (Å²) in [4.78, 5) is 8.00. The van der Waals surface area contributed by atoms with E-state index in [9.17, 15) is 5.11 Å². The van der Waals surface area contributed by atoms with E-state index in [-0.39, 0.29) is 0 Å². The van der Waals surface area contributed by atoms with E-state index < -0.39 is 0 Å². The van der Waals surface area contributed by atoms with E-state index in [4.69, 9.17) is 10.5 Å². The first-order chi connectivity index (χ1) is 5.75. The van der Waals surface area contributed by atoms with E-state index in [0.717, 1.165) is 12.0 Å². The van der Waals surface area contributed by atoms with E-state index in [1.807, 2.05) is 13.7 Å². The second kappa shape index (κ2) is 5.18. The van der Waals surface area contributed by atoms with Crippen LogP contribution in [0.5, 0.6) is 5.75 Å². The molecule has 0 spiro atoms. The topological polar surface area (TPSA) is 63.3 Å². The number of carbonyl (C=O) groups is 1. The summed E-state index contributed by atoms with van der Waals surface area (Å²) < 4.78 is 0. The molecule has 66 valence electrons. The largest absolute Gasteiger partial charge is 0.508 e. The van der Waals surface area contributed by atoms with Gasteiger partial charge >= 0.3 is 0 Å². The number of hydrogen-bond donors (Lipinski definition) is 2. The van der Waals surface area contributed by atoms with Crippen LogP contribution in [0.15, 0.2) is 18.2 Å². The van der Waals surface area contributed by atoms with Crippen LogP contribution in [-0.2, 0) is 11.2 Å². The van der Waals surface area contributed by atoms with Crippen molar-refractivity contribution in [3.05, 3.63) is 23.8 Å². The molecule has 0 heterocycles. The molecule has 0 bridgehead atoms. The van der Waals surface area contributed by atoms with Crippen LogP contribution >= 0.6 is 0 Å². The van der Waals surface area contributed by atoms with Crippen molar-refractivity contribution in [1.82, 2.24) is 0 Å². The summed E-state index contributed by atoms with van der Waals surface area (Å²) in [7, 11) is 0. The van der Waals surface area contributed by atoms with Gasteiger partial charge in [-0.25, -0.2) is 0 Å². The van der Waals surface area contributed by atoms with Crippen molar-refractivity contribution in [1.29, 1.82) is 0 Å². The quantitative estimate of drug-likeness (QED) is 0.620. The highest BCUT2D eigenvalue weighted by Crippen LogP contribution is 2.22. The molecular weight excluding hydrogens is 154 g/mol. The predicted octanol–water partition coefficient (Wildman–Crippen LogP) is 1.35. The molecule has 0 aliphatic heterocycles. The van der Waals surface area contributed by atoms with Crippen molar-refractivity contribution in [3.8, 4) is 5.75 Å². The van der Waals surface area contributed by atoms with Gasteiger partial charge < -0.3 is 15.6 Å². The third kappa shape index (κ3) is 2.27. The number of nitrogens with two attached hydrogens (primary N) is 1. The number of hydrogen-bond acceptors (Lipinski definition) is 3. The van der Waals surface area contributed by atoms with Crippen LogP contribution in [0.1, 0.15) is 12.5 Å². The molecule has 0 fully saturated rings. The highest BCUT2D eigenvalue weighted by molar-refractivity contribution is 5.53. The number of phenols is 1.